The van der Waals surface area contributed by atoms with Crippen molar-refractivity contribution in [1.29, 1.82) is 0 Å². The smallest absolute Gasteiger partial charge is 0.339 e. The second-order valence-corrected chi connectivity index (χ2v) is 11.0. The minimum Gasteiger partial charge on any atom is -0.465 e. The Hall–Kier alpha value is -3.73. The van der Waals surface area contributed by atoms with Crippen LogP contribution in [-0.2, 0) is 30.3 Å². The molecular formula is C32H43BrN6O8. The molecule has 14 nitrogen and oxygen atoms in total. The van der Waals surface area contributed by atoms with E-state index in [1.54, 1.807) is 30.7 Å². The second-order valence-electron chi connectivity index (χ2n) is 10.1. The number of esters is 2. The number of methoxy groups -OCH3 is 2. The maximum atomic E-state index is 11.3. The van der Waals surface area contributed by atoms with E-state index in [1.165, 1.54) is 26.6 Å². The predicted molar refractivity (Wildman–Crippen MR) is 179 cm³/mol. The molecule has 3 aliphatic heterocycles. The van der Waals surface area contributed by atoms with E-state index in [0.717, 1.165) is 87.1 Å². The van der Waals surface area contributed by atoms with Crippen LogP contribution in [-0.4, -0.2) is 125 Å². The topological polar surface area (TPSA) is 158 Å². The van der Waals surface area contributed by atoms with Crippen molar-refractivity contribution >= 4 is 39.2 Å². The summed E-state index contributed by atoms with van der Waals surface area (Å²) >= 11 is 3.19. The molecule has 3 saturated heterocycles. The summed E-state index contributed by atoms with van der Waals surface area (Å²) in [6.45, 7) is 10.3. The average Bonchev–Trinajstić information content (AvgIpc) is 3.16. The Kier molecular flexibility index (Phi) is 17.6. The fraction of sp³-hybridized carbons (Fsp3) is 0.469. The molecular weight excluding hydrogens is 676 g/mol. The molecule has 3 aromatic rings. The van der Waals surface area contributed by atoms with Gasteiger partial charge >= 0.3 is 11.9 Å². The van der Waals surface area contributed by atoms with E-state index < -0.39 is 0 Å². The van der Waals surface area contributed by atoms with Crippen molar-refractivity contribution in [2.75, 3.05) is 103 Å². The van der Waals surface area contributed by atoms with Crippen LogP contribution in [0.1, 0.15) is 26.3 Å². The number of aromatic nitrogens is 3. The number of aliphatic hydroxyl groups is 1. The minimum atomic E-state index is -0.376. The first kappa shape index (κ1) is 37.7. The van der Waals surface area contributed by atoms with Crippen molar-refractivity contribution in [3.63, 3.8) is 0 Å². The molecule has 0 amide bonds. The molecule has 0 aromatic carbocycles. The quantitative estimate of drug-likeness (QED) is 0.371. The highest BCUT2D eigenvalue weighted by atomic mass is 79.9. The van der Waals surface area contributed by atoms with Gasteiger partial charge < -0.3 is 43.9 Å². The summed E-state index contributed by atoms with van der Waals surface area (Å²) in [5.41, 5.74) is 3.79. The first-order valence-electron chi connectivity index (χ1n) is 15.2. The fourth-order valence-corrected chi connectivity index (χ4v) is 4.73. The zero-order chi connectivity index (χ0) is 33.7. The summed E-state index contributed by atoms with van der Waals surface area (Å²) in [5.74, 6) is -0.735. The summed E-state index contributed by atoms with van der Waals surface area (Å²) in [6.07, 6.45) is 9.82. The monoisotopic (exact) mass is 718 g/mol. The molecule has 0 atom stereocenters. The SMILES string of the molecule is C1COCCN1.COC(=O)c1cncc(Br)c1.COC(=O)c1cncc(N2CCOCC2)c1.OCc1cncc(N2CCOCC2)c1. The van der Waals surface area contributed by atoms with Gasteiger partial charge in [-0.25, -0.2) is 9.59 Å². The zero-order valence-corrected chi connectivity index (χ0v) is 28.4. The number of ether oxygens (including phenoxy) is 5. The molecule has 0 spiro atoms. The van der Waals surface area contributed by atoms with Crippen LogP contribution in [0.15, 0.2) is 59.9 Å². The van der Waals surface area contributed by atoms with Crippen LogP contribution in [0.2, 0.25) is 0 Å². The Morgan fingerprint density at radius 1 is 0.723 bits per heavy atom. The molecule has 3 aliphatic rings. The number of carbonyl (C=O) groups is 2. The number of hydrogen-bond acceptors (Lipinski definition) is 14. The standard InChI is InChI=1S/C11H14N2O3.C10H14N2O2.C7H6BrNO2.C4H9NO/c1-15-11(14)9-6-10(8-12-7-9)13-2-4-16-5-3-13;13-8-9-5-10(7-11-6-9)12-1-3-14-4-2-12;1-11-7(10)5-2-6(8)4-9-3-5;1-3-6-4-2-5-1/h6-8H,2-5H2,1H3;5-7,13H,1-4,8H2;2-4H,1H3;5H,1-4H2. The van der Waals surface area contributed by atoms with Crippen LogP contribution in [0.4, 0.5) is 11.4 Å². The number of pyridine rings is 3. The lowest BCUT2D eigenvalue weighted by molar-refractivity contribution is 0.0591. The van der Waals surface area contributed by atoms with Gasteiger partial charge in [-0.15, -0.1) is 0 Å². The van der Waals surface area contributed by atoms with E-state index in [0.29, 0.717) is 24.3 Å². The first-order valence-corrected chi connectivity index (χ1v) is 15.9. The fourth-order valence-electron chi connectivity index (χ4n) is 4.36. The van der Waals surface area contributed by atoms with Crippen molar-refractivity contribution < 1.29 is 38.4 Å². The number of anilines is 2. The molecule has 0 aliphatic carbocycles. The Labute approximate surface area is 283 Å². The van der Waals surface area contributed by atoms with Crippen LogP contribution < -0.4 is 15.1 Å². The molecule has 6 rings (SSSR count). The van der Waals surface area contributed by atoms with E-state index in [-0.39, 0.29) is 18.5 Å². The number of carbonyl (C=O) groups excluding carboxylic acids is 2. The Balaban J connectivity index is 0.000000178. The van der Waals surface area contributed by atoms with Crippen LogP contribution >= 0.6 is 15.9 Å². The summed E-state index contributed by atoms with van der Waals surface area (Å²) in [5, 5.41) is 12.1. The molecule has 47 heavy (non-hydrogen) atoms. The predicted octanol–water partition coefficient (Wildman–Crippen LogP) is 2.35. The Morgan fingerprint density at radius 3 is 1.64 bits per heavy atom. The van der Waals surface area contributed by atoms with Gasteiger partial charge in [0.15, 0.2) is 0 Å². The molecule has 3 fully saturated rings. The molecule has 15 heteroatoms. The Bertz CT molecular complexity index is 1340. The normalized spacial score (nSPS) is 15.7. The number of nitrogens with one attached hydrogen (secondary N) is 1. The van der Waals surface area contributed by atoms with E-state index in [9.17, 15) is 9.59 Å². The van der Waals surface area contributed by atoms with Gasteiger partial charge in [-0.05, 0) is 39.7 Å². The molecule has 256 valence electrons. The van der Waals surface area contributed by atoms with Crippen molar-refractivity contribution in [3.8, 4) is 0 Å². The number of aliphatic hydroxyl groups excluding tert-OH is 1. The minimum absolute atomic E-state index is 0.0468. The maximum absolute atomic E-state index is 11.3. The largest absolute Gasteiger partial charge is 0.465 e. The van der Waals surface area contributed by atoms with Gasteiger partial charge in [0, 0.05) is 68.5 Å². The summed E-state index contributed by atoms with van der Waals surface area (Å²) in [7, 11) is 2.70. The van der Waals surface area contributed by atoms with Crippen LogP contribution in [0.25, 0.3) is 0 Å². The molecule has 0 saturated carbocycles. The van der Waals surface area contributed by atoms with Gasteiger partial charge in [0.1, 0.15) is 0 Å². The average molecular weight is 720 g/mol. The van der Waals surface area contributed by atoms with E-state index in [1.807, 2.05) is 12.3 Å². The summed E-state index contributed by atoms with van der Waals surface area (Å²) in [6, 6.07) is 5.42. The van der Waals surface area contributed by atoms with Gasteiger partial charge in [-0.2, -0.15) is 0 Å². The molecule has 3 aromatic heterocycles. The maximum Gasteiger partial charge on any atom is 0.339 e. The van der Waals surface area contributed by atoms with Gasteiger partial charge in [-0.3, -0.25) is 15.0 Å². The summed E-state index contributed by atoms with van der Waals surface area (Å²) in [4.78, 5) is 38.5. The molecule has 2 N–H and O–H groups in total. The Morgan fingerprint density at radius 2 is 1.19 bits per heavy atom. The van der Waals surface area contributed by atoms with Crippen LogP contribution in [0, 0.1) is 0 Å². The third-order valence-electron chi connectivity index (χ3n) is 6.83. The van der Waals surface area contributed by atoms with Crippen LogP contribution in [0.3, 0.4) is 0 Å². The lowest BCUT2D eigenvalue weighted by atomic mass is 10.2. The molecule has 0 unspecified atom stereocenters. The third kappa shape index (κ3) is 13.9. The van der Waals surface area contributed by atoms with Crippen molar-refractivity contribution in [2.24, 2.45) is 0 Å². The third-order valence-corrected chi connectivity index (χ3v) is 7.27. The molecule has 0 bridgehead atoms. The highest BCUT2D eigenvalue weighted by Gasteiger charge is 2.14. The number of morpholine rings is 3. The lowest BCUT2D eigenvalue weighted by Gasteiger charge is -2.28. The van der Waals surface area contributed by atoms with E-state index >= 15 is 0 Å². The second kappa shape index (κ2) is 22.0. The number of rotatable bonds is 5. The highest BCUT2D eigenvalue weighted by molar-refractivity contribution is 9.10. The summed E-state index contributed by atoms with van der Waals surface area (Å²) < 4.78 is 25.5. The zero-order valence-electron chi connectivity index (χ0n) is 26.8. The van der Waals surface area contributed by atoms with Crippen molar-refractivity contribution in [2.45, 2.75) is 6.61 Å². The number of hydrogen-bond donors (Lipinski definition) is 2. The van der Waals surface area contributed by atoms with E-state index in [2.05, 4.69) is 55.5 Å². The van der Waals surface area contributed by atoms with Gasteiger partial charge in [0.25, 0.3) is 0 Å². The highest BCUT2D eigenvalue weighted by Crippen LogP contribution is 2.17. The van der Waals surface area contributed by atoms with E-state index in [4.69, 9.17) is 19.3 Å². The first-order chi connectivity index (χ1) is 22.9. The lowest BCUT2D eigenvalue weighted by Crippen LogP contribution is -2.36. The molecule has 6 heterocycles. The van der Waals surface area contributed by atoms with Crippen molar-refractivity contribution in [1.82, 2.24) is 20.3 Å². The number of nitrogens with zero attached hydrogens (tertiary/aromatic N) is 5. The van der Waals surface area contributed by atoms with Gasteiger partial charge in [0.2, 0.25) is 0 Å². The van der Waals surface area contributed by atoms with Gasteiger partial charge in [0.05, 0.1) is 95.4 Å². The van der Waals surface area contributed by atoms with Crippen LogP contribution in [0.5, 0.6) is 0 Å². The van der Waals surface area contributed by atoms with Gasteiger partial charge in [-0.1, -0.05) is 0 Å². The molecule has 0 radical (unpaired) electrons. The number of halogens is 1. The van der Waals surface area contributed by atoms with Crippen molar-refractivity contribution in [3.05, 3.63) is 76.5 Å².